The van der Waals surface area contributed by atoms with Gasteiger partial charge in [-0.2, -0.15) is 0 Å². The molecule has 0 fully saturated rings. The van der Waals surface area contributed by atoms with Crippen LogP contribution in [-0.2, 0) is 19.5 Å². The summed E-state index contributed by atoms with van der Waals surface area (Å²) < 4.78 is 40.6. The largest absolute Gasteiger partial charge is 0.478 e. The van der Waals surface area contributed by atoms with Gasteiger partial charge in [0, 0.05) is 27.3 Å². The first-order valence-electron chi connectivity index (χ1n) is 8.67. The highest BCUT2D eigenvalue weighted by Gasteiger charge is 2.26. The molecule has 3 N–H and O–H groups in total. The van der Waals surface area contributed by atoms with Crippen LogP contribution in [0.5, 0.6) is 11.5 Å². The Hall–Kier alpha value is -2.66. The van der Waals surface area contributed by atoms with Crippen molar-refractivity contribution >= 4 is 21.7 Å². The molecule has 0 radical (unpaired) electrons. The lowest BCUT2D eigenvalue weighted by Crippen LogP contribution is -2.31. The van der Waals surface area contributed by atoms with Gasteiger partial charge in [0.2, 0.25) is 10.0 Å². The van der Waals surface area contributed by atoms with E-state index in [9.17, 15) is 18.3 Å². The molecule has 0 aliphatic rings. The number of rotatable bonds is 11. The van der Waals surface area contributed by atoms with E-state index in [-0.39, 0.29) is 17.0 Å². The van der Waals surface area contributed by atoms with E-state index in [0.717, 1.165) is 6.07 Å². The molecule has 2 aromatic carbocycles. The number of benzene rings is 2. The molecule has 2 rings (SSSR count). The molecule has 29 heavy (non-hydrogen) atoms. The monoisotopic (exact) mass is 424 g/mol. The number of para-hydroxylation sites is 1. The molecule has 0 bridgehead atoms. The fourth-order valence-electron chi connectivity index (χ4n) is 2.62. The molecular formula is C19H24N2O7S. The zero-order chi connectivity index (χ0) is 21.4. The number of carbonyl (C=O) groups is 1. The van der Waals surface area contributed by atoms with Crippen LogP contribution in [0, 0.1) is 0 Å². The lowest BCUT2D eigenvalue weighted by molar-refractivity contribution is 0.0696. The number of aromatic carboxylic acids is 1. The van der Waals surface area contributed by atoms with Gasteiger partial charge in [-0.25, -0.2) is 18.4 Å². The average Bonchev–Trinajstić information content (AvgIpc) is 2.68. The normalized spacial score (nSPS) is 11.3. The van der Waals surface area contributed by atoms with Crippen molar-refractivity contribution < 1.29 is 32.5 Å². The standard InChI is InChI=1S/C19H24N2O7S/c1-26-10-8-21(9-11-27-2)16-12-14(19(22)23)13-17(29(20,24)25)18(16)28-15-6-4-3-5-7-15/h3-7,12-13H,8-11H2,1-2H3,(H,22,23)(H2,20,24,25). The molecule has 0 heterocycles. The number of carboxylic acids is 1. The summed E-state index contributed by atoms with van der Waals surface area (Å²) in [6.45, 7) is 1.32. The fourth-order valence-corrected chi connectivity index (χ4v) is 3.32. The third-order valence-corrected chi connectivity index (χ3v) is 4.94. The highest BCUT2D eigenvalue weighted by atomic mass is 32.2. The Morgan fingerprint density at radius 3 is 2.14 bits per heavy atom. The quantitative estimate of drug-likeness (QED) is 0.560. The van der Waals surface area contributed by atoms with Crippen molar-refractivity contribution in [3.63, 3.8) is 0 Å². The highest BCUT2D eigenvalue weighted by molar-refractivity contribution is 7.89. The Morgan fingerprint density at radius 2 is 1.66 bits per heavy atom. The number of hydrogen-bond donors (Lipinski definition) is 2. The molecular weight excluding hydrogens is 400 g/mol. The number of nitrogens with zero attached hydrogens (tertiary/aromatic N) is 1. The first kappa shape index (κ1) is 22.6. The smallest absolute Gasteiger partial charge is 0.335 e. The zero-order valence-corrected chi connectivity index (χ0v) is 17.0. The zero-order valence-electron chi connectivity index (χ0n) is 16.2. The first-order chi connectivity index (χ1) is 13.8. The molecule has 0 saturated heterocycles. The minimum Gasteiger partial charge on any atom is -0.478 e. The van der Waals surface area contributed by atoms with Crippen LogP contribution >= 0.6 is 0 Å². The summed E-state index contributed by atoms with van der Waals surface area (Å²) >= 11 is 0. The number of methoxy groups -OCH3 is 2. The van der Waals surface area contributed by atoms with Crippen LogP contribution in [0.4, 0.5) is 5.69 Å². The second-order valence-electron chi connectivity index (χ2n) is 6.06. The molecule has 0 amide bonds. The van der Waals surface area contributed by atoms with Crippen molar-refractivity contribution in [2.45, 2.75) is 4.90 Å². The molecule has 0 unspecified atom stereocenters. The maximum Gasteiger partial charge on any atom is 0.335 e. The Morgan fingerprint density at radius 1 is 1.07 bits per heavy atom. The SMILES string of the molecule is COCCN(CCOC)c1cc(C(=O)O)cc(S(N)(=O)=O)c1Oc1ccccc1. The van der Waals surface area contributed by atoms with Crippen molar-refractivity contribution in [3.8, 4) is 11.5 Å². The summed E-state index contributed by atoms with van der Waals surface area (Å²) in [5.41, 5.74) is 0.0242. The van der Waals surface area contributed by atoms with Crippen molar-refractivity contribution in [1.82, 2.24) is 0 Å². The van der Waals surface area contributed by atoms with E-state index >= 15 is 0 Å². The van der Waals surface area contributed by atoms with Crippen LogP contribution in [0.3, 0.4) is 0 Å². The average molecular weight is 424 g/mol. The van der Waals surface area contributed by atoms with Crippen molar-refractivity contribution in [2.75, 3.05) is 45.4 Å². The van der Waals surface area contributed by atoms with Gasteiger partial charge in [-0.3, -0.25) is 0 Å². The Bertz CT molecular complexity index is 925. The number of hydrogen-bond acceptors (Lipinski definition) is 7. The number of ether oxygens (including phenoxy) is 3. The minimum absolute atomic E-state index is 0.0593. The van der Waals surface area contributed by atoms with E-state index in [1.165, 1.54) is 20.3 Å². The minimum atomic E-state index is -4.28. The van der Waals surface area contributed by atoms with E-state index in [2.05, 4.69) is 0 Å². The first-order valence-corrected chi connectivity index (χ1v) is 10.2. The number of sulfonamides is 1. The maximum atomic E-state index is 12.3. The van der Waals surface area contributed by atoms with Crippen LogP contribution in [0.25, 0.3) is 0 Å². The molecule has 0 aliphatic carbocycles. The van der Waals surface area contributed by atoms with Gasteiger partial charge in [0.15, 0.2) is 5.75 Å². The van der Waals surface area contributed by atoms with Crippen LogP contribution in [-0.4, -0.2) is 60.0 Å². The molecule has 0 atom stereocenters. The number of primary sulfonamides is 1. The predicted octanol–water partition coefficient (Wildman–Crippen LogP) is 1.92. The lowest BCUT2D eigenvalue weighted by Gasteiger charge is -2.27. The summed E-state index contributed by atoms with van der Waals surface area (Å²) in [5, 5.41) is 14.9. The highest BCUT2D eigenvalue weighted by Crippen LogP contribution is 2.39. The third kappa shape index (κ3) is 6.16. The molecule has 2 aromatic rings. The predicted molar refractivity (Wildman–Crippen MR) is 107 cm³/mol. The fraction of sp³-hybridized carbons (Fsp3) is 0.316. The molecule has 10 heteroatoms. The van der Waals surface area contributed by atoms with Gasteiger partial charge in [0.25, 0.3) is 0 Å². The van der Waals surface area contributed by atoms with Gasteiger partial charge < -0.3 is 24.2 Å². The van der Waals surface area contributed by atoms with Crippen molar-refractivity contribution in [1.29, 1.82) is 0 Å². The van der Waals surface area contributed by atoms with E-state index in [1.54, 1.807) is 35.2 Å². The van der Waals surface area contributed by atoms with Crippen molar-refractivity contribution in [2.24, 2.45) is 5.14 Å². The van der Waals surface area contributed by atoms with Crippen LogP contribution in [0.15, 0.2) is 47.4 Å². The number of nitrogens with two attached hydrogens (primary N) is 1. The van der Waals surface area contributed by atoms with Crippen LogP contribution in [0.2, 0.25) is 0 Å². The molecule has 0 aliphatic heterocycles. The van der Waals surface area contributed by atoms with Gasteiger partial charge >= 0.3 is 5.97 Å². The molecule has 0 saturated carbocycles. The van der Waals surface area contributed by atoms with Gasteiger partial charge in [-0.15, -0.1) is 0 Å². The molecule has 0 spiro atoms. The molecule has 158 valence electrons. The second kappa shape index (κ2) is 10.2. The third-order valence-electron chi connectivity index (χ3n) is 4.02. The topological polar surface area (TPSA) is 128 Å². The van der Waals surface area contributed by atoms with E-state index in [4.69, 9.17) is 19.3 Å². The summed E-state index contributed by atoms with van der Waals surface area (Å²) in [6.07, 6.45) is 0. The Balaban J connectivity index is 2.71. The summed E-state index contributed by atoms with van der Waals surface area (Å²) in [4.78, 5) is 12.9. The van der Waals surface area contributed by atoms with Crippen molar-refractivity contribution in [3.05, 3.63) is 48.0 Å². The summed E-state index contributed by atoms with van der Waals surface area (Å²) in [6, 6.07) is 10.9. The van der Waals surface area contributed by atoms with Gasteiger partial charge in [0.1, 0.15) is 10.6 Å². The van der Waals surface area contributed by atoms with E-state index < -0.39 is 20.9 Å². The summed E-state index contributed by atoms with van der Waals surface area (Å²) in [7, 11) is -1.23. The van der Waals surface area contributed by atoms with E-state index in [0.29, 0.717) is 32.1 Å². The van der Waals surface area contributed by atoms with Gasteiger partial charge in [-0.1, -0.05) is 18.2 Å². The Labute approximate surface area is 169 Å². The molecule has 0 aromatic heterocycles. The maximum absolute atomic E-state index is 12.3. The lowest BCUT2D eigenvalue weighted by atomic mass is 10.1. The number of carboxylic acid groups (broad SMARTS) is 1. The second-order valence-corrected chi connectivity index (χ2v) is 7.59. The van der Waals surface area contributed by atoms with Gasteiger partial charge in [0.05, 0.1) is 24.5 Å². The van der Waals surface area contributed by atoms with Gasteiger partial charge in [-0.05, 0) is 24.3 Å². The van der Waals surface area contributed by atoms with E-state index in [1.807, 2.05) is 0 Å². The number of anilines is 1. The van der Waals surface area contributed by atoms with Crippen LogP contribution in [0.1, 0.15) is 10.4 Å². The summed E-state index contributed by atoms with van der Waals surface area (Å²) in [5.74, 6) is -0.975. The van der Waals surface area contributed by atoms with Crippen LogP contribution < -0.4 is 14.8 Å². The Kier molecular flexibility index (Phi) is 7.97. The molecule has 9 nitrogen and oxygen atoms in total.